The highest BCUT2D eigenvalue weighted by molar-refractivity contribution is 6.35. The molecule has 11 rings (SSSR count). The van der Waals surface area contributed by atoms with Crippen molar-refractivity contribution in [1.29, 1.82) is 0 Å². The zero-order valence-electron chi connectivity index (χ0n) is 32.8. The maximum atomic E-state index is 7.08. The van der Waals surface area contributed by atoms with Crippen molar-refractivity contribution in [2.75, 3.05) is 0 Å². The van der Waals surface area contributed by atoms with Gasteiger partial charge in [-0.15, -0.1) is 0 Å². The first kappa shape index (κ1) is 34.5. The van der Waals surface area contributed by atoms with Crippen molar-refractivity contribution in [2.24, 2.45) is 16.8 Å². The second-order valence-corrected chi connectivity index (χ2v) is 16.1. The van der Waals surface area contributed by atoms with E-state index in [0.29, 0.717) is 0 Å². The zero-order valence-corrected chi connectivity index (χ0v) is 32.8. The average Bonchev–Trinajstić information content (AvgIpc) is 3.69. The summed E-state index contributed by atoms with van der Waals surface area (Å²) < 4.78 is 7.08. The highest BCUT2D eigenvalue weighted by atomic mass is 16.3. The molecule has 1 aromatic heterocycles. The molecule has 2 heteroatoms. The number of allylic oxidation sites excluding steroid dienone is 1. The standard InChI is InChI=1S/C56H43NO/c1-3-43-44(37-15-6-4-7-16-37)29-22-35(2)53(57-54(43)42-28-23-36-14-10-11-19-41(36)34-42)40-26-24-39(25-27-40)46-31-33-50-48-21-13-12-20-47(48)49-32-30-45(38-17-8-5-9-18-38)55-51(49)52(50)56(46)58-55/h4-21,23-35,43,54H,3,22H2,1-2H3/b44-29+,57-53+. The van der Waals surface area contributed by atoms with Gasteiger partial charge in [-0.05, 0) is 96.7 Å². The Bertz CT molecular complexity index is 3190. The molecule has 278 valence electrons. The summed E-state index contributed by atoms with van der Waals surface area (Å²) in [7, 11) is 0. The molecule has 58 heavy (non-hydrogen) atoms. The van der Waals surface area contributed by atoms with Crippen molar-refractivity contribution in [3.8, 4) is 22.3 Å². The predicted octanol–water partition coefficient (Wildman–Crippen LogP) is 15.5. The van der Waals surface area contributed by atoms with Crippen LogP contribution < -0.4 is 0 Å². The highest BCUT2D eigenvalue weighted by Crippen LogP contribution is 2.48. The van der Waals surface area contributed by atoms with E-state index < -0.39 is 0 Å². The Morgan fingerprint density at radius 3 is 1.71 bits per heavy atom. The van der Waals surface area contributed by atoms with Crippen molar-refractivity contribution in [3.63, 3.8) is 0 Å². The molecule has 3 atom stereocenters. The third-order valence-corrected chi connectivity index (χ3v) is 12.7. The number of hydrogen-bond donors (Lipinski definition) is 0. The number of nitrogens with zero attached hydrogens (tertiary/aromatic N) is 1. The molecule has 1 aliphatic heterocycles. The van der Waals surface area contributed by atoms with Gasteiger partial charge < -0.3 is 4.42 Å². The van der Waals surface area contributed by atoms with Crippen molar-refractivity contribution in [2.45, 2.75) is 32.7 Å². The molecule has 0 amide bonds. The summed E-state index contributed by atoms with van der Waals surface area (Å²) >= 11 is 0. The summed E-state index contributed by atoms with van der Waals surface area (Å²) in [6.45, 7) is 4.66. The molecule has 0 bridgehead atoms. The zero-order chi connectivity index (χ0) is 38.7. The van der Waals surface area contributed by atoms with Gasteiger partial charge in [0.2, 0.25) is 0 Å². The topological polar surface area (TPSA) is 25.5 Å². The first-order valence-electron chi connectivity index (χ1n) is 20.7. The van der Waals surface area contributed by atoms with Crippen molar-refractivity contribution < 1.29 is 4.42 Å². The number of aliphatic imine (C=N–C) groups is 1. The summed E-state index contributed by atoms with van der Waals surface area (Å²) in [4.78, 5) is 5.82. The van der Waals surface area contributed by atoms with Crippen LogP contribution in [0.2, 0.25) is 0 Å². The Kier molecular flexibility index (Phi) is 8.33. The average molecular weight is 746 g/mol. The van der Waals surface area contributed by atoms with E-state index in [1.165, 1.54) is 71.1 Å². The quantitative estimate of drug-likeness (QED) is 0.156. The van der Waals surface area contributed by atoms with Gasteiger partial charge in [-0.25, -0.2) is 0 Å². The summed E-state index contributed by atoms with van der Waals surface area (Å²) in [5, 5.41) is 9.89. The van der Waals surface area contributed by atoms with E-state index in [0.717, 1.165) is 46.3 Å². The monoisotopic (exact) mass is 745 g/mol. The highest BCUT2D eigenvalue weighted by Gasteiger charge is 2.30. The van der Waals surface area contributed by atoms with Crippen LogP contribution in [-0.4, -0.2) is 5.71 Å². The number of fused-ring (bicyclic) bond motifs is 4. The van der Waals surface area contributed by atoms with Gasteiger partial charge in [0.1, 0.15) is 11.2 Å². The molecule has 0 N–H and O–H groups in total. The molecule has 0 fully saturated rings. The SMILES string of the molecule is CCC1/C(c2ccccc2)=C/CC(C)/C(c2ccc(-c3ccc4c5ccccc5c5ccc(-c6ccccc6)c6oc3c4c65)cc2)=N\C1c1ccc2ccccc2c1. The lowest BCUT2D eigenvalue weighted by Gasteiger charge is -2.31. The normalized spacial score (nSPS) is 19.3. The van der Waals surface area contributed by atoms with E-state index in [1.54, 1.807) is 0 Å². The van der Waals surface area contributed by atoms with E-state index >= 15 is 0 Å². The molecule has 3 unspecified atom stereocenters. The van der Waals surface area contributed by atoms with E-state index in [2.05, 4.69) is 196 Å². The predicted molar refractivity (Wildman–Crippen MR) is 246 cm³/mol. The van der Waals surface area contributed by atoms with Crippen LogP contribution in [0.3, 0.4) is 0 Å². The molecule has 1 aliphatic rings. The smallest absolute Gasteiger partial charge is 0.143 e. The minimum Gasteiger partial charge on any atom is -0.455 e. The van der Waals surface area contributed by atoms with Gasteiger partial charge in [-0.3, -0.25) is 4.99 Å². The van der Waals surface area contributed by atoms with Crippen LogP contribution in [0.15, 0.2) is 191 Å². The lowest BCUT2D eigenvalue weighted by atomic mass is 9.78. The summed E-state index contributed by atoms with van der Waals surface area (Å²) in [5.41, 5.74) is 12.7. The molecule has 10 aromatic rings. The first-order valence-corrected chi connectivity index (χ1v) is 20.7. The number of furan rings is 1. The molecular formula is C56H43NO. The minimum absolute atomic E-state index is 0.0253. The van der Waals surface area contributed by atoms with E-state index in [9.17, 15) is 0 Å². The minimum atomic E-state index is -0.0253. The van der Waals surface area contributed by atoms with Gasteiger partial charge in [-0.2, -0.15) is 0 Å². The van der Waals surface area contributed by atoms with Gasteiger partial charge in [0, 0.05) is 39.4 Å². The van der Waals surface area contributed by atoms with Gasteiger partial charge in [0.05, 0.1) is 6.04 Å². The van der Waals surface area contributed by atoms with Gasteiger partial charge in [-0.1, -0.05) is 178 Å². The van der Waals surface area contributed by atoms with Crippen LogP contribution in [0.25, 0.3) is 82.1 Å². The number of rotatable bonds is 6. The summed E-state index contributed by atoms with van der Waals surface area (Å²) in [5.74, 6) is 0.471. The molecule has 0 aliphatic carbocycles. The number of benzene rings is 9. The Morgan fingerprint density at radius 2 is 1.07 bits per heavy atom. The van der Waals surface area contributed by atoms with Crippen LogP contribution >= 0.6 is 0 Å². The fourth-order valence-corrected chi connectivity index (χ4v) is 9.84. The molecule has 9 aromatic carbocycles. The molecule has 2 nitrogen and oxygen atoms in total. The van der Waals surface area contributed by atoms with E-state index in [1.807, 2.05) is 0 Å². The molecule has 0 saturated carbocycles. The summed E-state index contributed by atoms with van der Waals surface area (Å²) in [6.07, 6.45) is 4.43. The first-order chi connectivity index (χ1) is 28.6. The van der Waals surface area contributed by atoms with E-state index in [-0.39, 0.29) is 17.9 Å². The van der Waals surface area contributed by atoms with Crippen LogP contribution in [-0.2, 0) is 0 Å². The Hall–Kier alpha value is -6.77. The third-order valence-electron chi connectivity index (χ3n) is 12.7. The van der Waals surface area contributed by atoms with Crippen molar-refractivity contribution in [1.82, 2.24) is 0 Å². The van der Waals surface area contributed by atoms with Crippen LogP contribution in [0.5, 0.6) is 0 Å². The van der Waals surface area contributed by atoms with Crippen LogP contribution in [0, 0.1) is 11.8 Å². The lowest BCUT2D eigenvalue weighted by Crippen LogP contribution is -2.21. The molecule has 0 spiro atoms. The second-order valence-electron chi connectivity index (χ2n) is 16.1. The maximum Gasteiger partial charge on any atom is 0.143 e. The lowest BCUT2D eigenvalue weighted by molar-refractivity contribution is 0.514. The van der Waals surface area contributed by atoms with Gasteiger partial charge >= 0.3 is 0 Å². The van der Waals surface area contributed by atoms with Crippen molar-refractivity contribution >= 4 is 65.5 Å². The molecule has 2 heterocycles. The maximum absolute atomic E-state index is 7.08. The molecule has 0 saturated heterocycles. The molecular weight excluding hydrogens is 703 g/mol. The van der Waals surface area contributed by atoms with Crippen LogP contribution in [0.4, 0.5) is 0 Å². The Balaban J connectivity index is 1.05. The number of hydrogen-bond acceptors (Lipinski definition) is 2. The van der Waals surface area contributed by atoms with Crippen LogP contribution in [0.1, 0.15) is 49.4 Å². The van der Waals surface area contributed by atoms with Crippen molar-refractivity contribution in [3.05, 3.63) is 199 Å². The molecule has 0 radical (unpaired) electrons. The largest absolute Gasteiger partial charge is 0.455 e. The van der Waals surface area contributed by atoms with E-state index in [4.69, 9.17) is 9.41 Å². The van der Waals surface area contributed by atoms with Gasteiger partial charge in [0.15, 0.2) is 0 Å². The Labute approximate surface area is 339 Å². The Morgan fingerprint density at radius 1 is 0.517 bits per heavy atom. The fourth-order valence-electron chi connectivity index (χ4n) is 9.84. The fraction of sp³-hybridized carbons (Fsp3) is 0.125. The second kappa shape index (κ2) is 14.0. The van der Waals surface area contributed by atoms with Gasteiger partial charge in [0.25, 0.3) is 0 Å². The third kappa shape index (κ3) is 5.58. The summed E-state index contributed by atoms with van der Waals surface area (Å²) in [6, 6.07) is 64.1.